The van der Waals surface area contributed by atoms with Crippen molar-refractivity contribution in [1.82, 2.24) is 4.98 Å². The Labute approximate surface area is 134 Å². The molecular formula is C15H12BrN3OS. The predicted octanol–water partition coefficient (Wildman–Crippen LogP) is 4.20. The number of aromatic nitrogens is 1. The summed E-state index contributed by atoms with van der Waals surface area (Å²) in [5.41, 5.74) is 8.18. The maximum absolute atomic E-state index is 12.4. The Morgan fingerprint density at radius 3 is 2.90 bits per heavy atom. The number of carbonyl (C=O) groups is 1. The number of halogens is 1. The van der Waals surface area contributed by atoms with Crippen molar-refractivity contribution < 1.29 is 4.79 Å². The molecule has 3 N–H and O–H groups in total. The van der Waals surface area contributed by atoms with Crippen LogP contribution in [0.25, 0.3) is 10.2 Å². The zero-order valence-corrected chi connectivity index (χ0v) is 13.6. The van der Waals surface area contributed by atoms with Gasteiger partial charge in [0.1, 0.15) is 9.71 Å². The molecule has 0 unspecified atom stereocenters. The monoisotopic (exact) mass is 361 g/mol. The first-order chi connectivity index (χ1) is 10.0. The van der Waals surface area contributed by atoms with Crippen LogP contribution in [0.1, 0.15) is 15.4 Å². The summed E-state index contributed by atoms with van der Waals surface area (Å²) in [7, 11) is 0. The number of aryl methyl sites for hydroxylation is 1. The van der Waals surface area contributed by atoms with Crippen molar-refractivity contribution in [2.75, 3.05) is 11.1 Å². The Morgan fingerprint density at radius 1 is 1.33 bits per heavy atom. The summed E-state index contributed by atoms with van der Waals surface area (Å²) in [6.07, 6.45) is 0. The lowest BCUT2D eigenvalue weighted by Gasteiger charge is -2.04. The molecule has 21 heavy (non-hydrogen) atoms. The van der Waals surface area contributed by atoms with Crippen molar-refractivity contribution in [3.63, 3.8) is 0 Å². The number of nitrogens with two attached hydrogens (primary N) is 1. The lowest BCUT2D eigenvalue weighted by molar-refractivity contribution is 0.103. The highest BCUT2D eigenvalue weighted by molar-refractivity contribution is 9.10. The van der Waals surface area contributed by atoms with Crippen molar-refractivity contribution in [2.24, 2.45) is 0 Å². The van der Waals surface area contributed by atoms with Crippen molar-refractivity contribution in [1.29, 1.82) is 0 Å². The largest absolute Gasteiger partial charge is 0.397 e. The molecule has 0 spiro atoms. The van der Waals surface area contributed by atoms with Gasteiger partial charge in [-0.3, -0.25) is 4.79 Å². The Bertz CT molecular complexity index is 844. The van der Waals surface area contributed by atoms with Crippen LogP contribution in [0.4, 0.5) is 11.4 Å². The topological polar surface area (TPSA) is 68.0 Å². The number of carbonyl (C=O) groups excluding carboxylic acids is 1. The van der Waals surface area contributed by atoms with Crippen LogP contribution in [-0.4, -0.2) is 10.9 Å². The highest BCUT2D eigenvalue weighted by Gasteiger charge is 2.17. The first-order valence-corrected chi connectivity index (χ1v) is 7.88. The smallest absolute Gasteiger partial charge is 0.267 e. The summed E-state index contributed by atoms with van der Waals surface area (Å²) in [5, 5.41) is 3.67. The fraction of sp³-hybridized carbons (Fsp3) is 0.0667. The minimum absolute atomic E-state index is 0.216. The molecule has 6 heteroatoms. The third-order valence-corrected chi connectivity index (χ3v) is 4.63. The number of hydrogen-bond donors (Lipinski definition) is 2. The van der Waals surface area contributed by atoms with Crippen LogP contribution in [0.3, 0.4) is 0 Å². The van der Waals surface area contributed by atoms with Crippen molar-refractivity contribution in [3.05, 3.63) is 51.4 Å². The summed E-state index contributed by atoms with van der Waals surface area (Å²) in [6.45, 7) is 1.91. The Balaban J connectivity index is 1.96. The Kier molecular flexibility index (Phi) is 3.65. The highest BCUT2D eigenvalue weighted by atomic mass is 79.9. The van der Waals surface area contributed by atoms with E-state index in [9.17, 15) is 4.79 Å². The van der Waals surface area contributed by atoms with Gasteiger partial charge < -0.3 is 11.1 Å². The normalized spacial score (nSPS) is 10.8. The first-order valence-electron chi connectivity index (χ1n) is 6.27. The van der Waals surface area contributed by atoms with E-state index in [1.165, 1.54) is 11.3 Å². The van der Waals surface area contributed by atoms with E-state index in [4.69, 9.17) is 5.73 Å². The molecule has 0 aliphatic heterocycles. The highest BCUT2D eigenvalue weighted by Crippen LogP contribution is 2.33. The second-order valence-electron chi connectivity index (χ2n) is 4.61. The van der Waals surface area contributed by atoms with Gasteiger partial charge in [0, 0.05) is 21.2 Å². The second-order valence-corrected chi connectivity index (χ2v) is 6.53. The van der Waals surface area contributed by atoms with Gasteiger partial charge in [0.05, 0.1) is 5.69 Å². The molecule has 0 aliphatic rings. The third-order valence-electron chi connectivity index (χ3n) is 3.02. The number of rotatable bonds is 2. The number of nitrogens with zero attached hydrogens (tertiary/aromatic N) is 1. The van der Waals surface area contributed by atoms with Crippen LogP contribution in [0.15, 0.2) is 40.9 Å². The Morgan fingerprint density at radius 2 is 2.14 bits per heavy atom. The van der Waals surface area contributed by atoms with E-state index in [0.717, 1.165) is 26.1 Å². The van der Waals surface area contributed by atoms with Crippen LogP contribution in [-0.2, 0) is 0 Å². The van der Waals surface area contributed by atoms with Crippen molar-refractivity contribution >= 4 is 54.8 Å². The van der Waals surface area contributed by atoms with E-state index >= 15 is 0 Å². The Hall–Kier alpha value is -1.92. The van der Waals surface area contributed by atoms with Gasteiger partial charge in [-0.2, -0.15) is 0 Å². The number of hydrogen-bond acceptors (Lipinski definition) is 4. The minimum Gasteiger partial charge on any atom is -0.397 e. The van der Waals surface area contributed by atoms with Gasteiger partial charge in [0.15, 0.2) is 0 Å². The summed E-state index contributed by atoms with van der Waals surface area (Å²) in [6, 6.07) is 11.2. The zero-order chi connectivity index (χ0) is 15.0. The number of nitrogens with one attached hydrogen (secondary N) is 1. The third kappa shape index (κ3) is 2.77. The first kappa shape index (κ1) is 14.0. The average Bonchev–Trinajstić information content (AvgIpc) is 2.75. The second kappa shape index (κ2) is 5.46. The molecule has 3 aromatic rings. The molecule has 3 rings (SSSR count). The molecule has 0 fully saturated rings. The standard InChI is InChI=1S/C15H12BrN3OS/c1-8-5-6-11-12(17)13(21-15(11)18-8)14(20)19-10-4-2-3-9(16)7-10/h2-7H,17H2,1H3,(H,19,20). The van der Waals surface area contributed by atoms with Gasteiger partial charge in [-0.05, 0) is 37.3 Å². The fourth-order valence-corrected chi connectivity index (χ4v) is 3.45. The number of pyridine rings is 1. The SMILES string of the molecule is Cc1ccc2c(N)c(C(=O)Nc3cccc(Br)c3)sc2n1. The fourth-order valence-electron chi connectivity index (χ4n) is 2.01. The molecule has 1 amide bonds. The van der Waals surface area contributed by atoms with E-state index in [1.54, 1.807) is 0 Å². The maximum atomic E-state index is 12.4. The lowest BCUT2D eigenvalue weighted by Crippen LogP contribution is -2.11. The molecule has 0 atom stereocenters. The van der Waals surface area contributed by atoms with Gasteiger partial charge >= 0.3 is 0 Å². The molecule has 106 valence electrons. The summed E-state index contributed by atoms with van der Waals surface area (Å²) in [5.74, 6) is -0.216. The molecular weight excluding hydrogens is 350 g/mol. The van der Waals surface area contributed by atoms with E-state index in [-0.39, 0.29) is 5.91 Å². The molecule has 0 radical (unpaired) electrons. The van der Waals surface area contributed by atoms with Crippen LogP contribution < -0.4 is 11.1 Å². The quantitative estimate of drug-likeness (QED) is 0.718. The summed E-state index contributed by atoms with van der Waals surface area (Å²) >= 11 is 4.69. The van der Waals surface area contributed by atoms with Crippen molar-refractivity contribution in [2.45, 2.75) is 6.92 Å². The number of fused-ring (bicyclic) bond motifs is 1. The van der Waals surface area contributed by atoms with Crippen LogP contribution in [0.5, 0.6) is 0 Å². The van der Waals surface area contributed by atoms with E-state index in [1.807, 2.05) is 43.3 Å². The maximum Gasteiger partial charge on any atom is 0.267 e. The molecule has 2 heterocycles. The lowest BCUT2D eigenvalue weighted by atomic mass is 10.2. The van der Waals surface area contributed by atoms with E-state index < -0.39 is 0 Å². The van der Waals surface area contributed by atoms with Crippen LogP contribution in [0.2, 0.25) is 0 Å². The van der Waals surface area contributed by atoms with Crippen LogP contribution in [0, 0.1) is 6.92 Å². The molecule has 2 aromatic heterocycles. The summed E-state index contributed by atoms with van der Waals surface area (Å²) in [4.78, 5) is 18.1. The molecule has 0 bridgehead atoms. The van der Waals surface area contributed by atoms with Gasteiger partial charge in [-0.25, -0.2) is 4.98 Å². The molecule has 1 aromatic carbocycles. The zero-order valence-electron chi connectivity index (χ0n) is 11.2. The number of benzene rings is 1. The summed E-state index contributed by atoms with van der Waals surface area (Å²) < 4.78 is 0.905. The van der Waals surface area contributed by atoms with Crippen LogP contribution >= 0.6 is 27.3 Å². The van der Waals surface area contributed by atoms with Gasteiger partial charge in [0.2, 0.25) is 0 Å². The predicted molar refractivity (Wildman–Crippen MR) is 90.9 cm³/mol. The number of nitrogen functional groups attached to an aromatic ring is 1. The number of thiophene rings is 1. The number of anilines is 2. The molecule has 4 nitrogen and oxygen atoms in total. The minimum atomic E-state index is -0.216. The molecule has 0 saturated heterocycles. The number of amides is 1. The van der Waals surface area contributed by atoms with E-state index in [0.29, 0.717) is 10.6 Å². The molecule has 0 saturated carbocycles. The van der Waals surface area contributed by atoms with E-state index in [2.05, 4.69) is 26.2 Å². The molecule has 0 aliphatic carbocycles. The van der Waals surface area contributed by atoms with Gasteiger partial charge in [-0.15, -0.1) is 11.3 Å². The van der Waals surface area contributed by atoms with Gasteiger partial charge in [0.25, 0.3) is 5.91 Å². The van der Waals surface area contributed by atoms with Crippen molar-refractivity contribution in [3.8, 4) is 0 Å². The average molecular weight is 362 g/mol. The van der Waals surface area contributed by atoms with Gasteiger partial charge in [-0.1, -0.05) is 22.0 Å².